The van der Waals surface area contributed by atoms with Gasteiger partial charge >= 0.3 is 12.2 Å². The van der Waals surface area contributed by atoms with Gasteiger partial charge in [0.05, 0.1) is 5.56 Å². The fourth-order valence-corrected chi connectivity index (χ4v) is 4.82. The zero-order valence-corrected chi connectivity index (χ0v) is 17.0. The summed E-state index contributed by atoms with van der Waals surface area (Å²) in [5.41, 5.74) is 4.90. The molecule has 166 valence electrons. The number of benzene rings is 1. The number of nitrogens with two attached hydrogens (primary N) is 1. The molecule has 2 N–H and O–H groups in total. The van der Waals surface area contributed by atoms with Crippen LogP contribution in [0.5, 0.6) is 0 Å². The molecule has 1 aromatic heterocycles. The van der Waals surface area contributed by atoms with Crippen molar-refractivity contribution in [3.63, 3.8) is 0 Å². The molecule has 0 spiro atoms. The van der Waals surface area contributed by atoms with Crippen molar-refractivity contribution in [1.82, 2.24) is 19.6 Å². The van der Waals surface area contributed by atoms with E-state index in [0.29, 0.717) is 24.9 Å². The van der Waals surface area contributed by atoms with Crippen LogP contribution in [0.3, 0.4) is 0 Å². The lowest BCUT2D eigenvalue weighted by Crippen LogP contribution is -2.36. The first-order chi connectivity index (χ1) is 14.6. The Bertz CT molecular complexity index is 975. The van der Waals surface area contributed by atoms with Crippen LogP contribution in [-0.4, -0.2) is 57.7 Å². The number of fused-ring (bicyclic) bond motifs is 1. The van der Waals surface area contributed by atoms with Gasteiger partial charge in [0.15, 0.2) is 5.69 Å². The van der Waals surface area contributed by atoms with Gasteiger partial charge in [0.25, 0.3) is 5.91 Å². The summed E-state index contributed by atoms with van der Waals surface area (Å²) >= 11 is 0. The highest BCUT2D eigenvalue weighted by Gasteiger charge is 2.44. The predicted molar refractivity (Wildman–Crippen MR) is 106 cm³/mol. The maximum absolute atomic E-state index is 13.3. The van der Waals surface area contributed by atoms with Crippen molar-refractivity contribution < 1.29 is 22.8 Å². The van der Waals surface area contributed by atoms with E-state index >= 15 is 0 Å². The van der Waals surface area contributed by atoms with Crippen LogP contribution in [0.25, 0.3) is 0 Å². The number of aromatic nitrogens is 2. The third-order valence-electron chi connectivity index (χ3n) is 6.40. The number of rotatable bonds is 4. The number of halogens is 3. The van der Waals surface area contributed by atoms with E-state index in [1.54, 1.807) is 11.0 Å². The summed E-state index contributed by atoms with van der Waals surface area (Å²) in [5.74, 6) is -0.108. The van der Waals surface area contributed by atoms with E-state index in [1.807, 2.05) is 11.9 Å². The quantitative estimate of drug-likeness (QED) is 0.801. The Kier molecular flexibility index (Phi) is 5.50. The summed E-state index contributed by atoms with van der Waals surface area (Å²) < 4.78 is 41.0. The van der Waals surface area contributed by atoms with Gasteiger partial charge in [-0.15, -0.1) is 0 Å². The second-order valence-electron chi connectivity index (χ2n) is 8.41. The molecule has 1 aliphatic carbocycles. The fourth-order valence-electron chi connectivity index (χ4n) is 4.82. The van der Waals surface area contributed by atoms with Crippen molar-refractivity contribution in [2.24, 2.45) is 17.6 Å². The van der Waals surface area contributed by atoms with Gasteiger partial charge in [-0.2, -0.15) is 23.0 Å². The van der Waals surface area contributed by atoms with Crippen molar-refractivity contribution >= 4 is 11.9 Å². The van der Waals surface area contributed by atoms with Gasteiger partial charge in [0, 0.05) is 31.9 Å². The Morgan fingerprint density at radius 2 is 1.81 bits per heavy atom. The van der Waals surface area contributed by atoms with E-state index < -0.39 is 17.6 Å². The van der Waals surface area contributed by atoms with E-state index in [-0.39, 0.29) is 29.9 Å². The first-order valence-corrected chi connectivity index (χ1v) is 10.1. The third kappa shape index (κ3) is 4.30. The molecule has 0 bridgehead atoms. The molecular formula is C21H24F3N5O2. The molecule has 7 nitrogen and oxygen atoms in total. The second kappa shape index (κ2) is 7.99. The highest BCUT2D eigenvalue weighted by Crippen LogP contribution is 2.41. The Morgan fingerprint density at radius 3 is 2.39 bits per heavy atom. The molecule has 2 aromatic rings. The molecule has 0 radical (unpaired) electrons. The lowest BCUT2D eigenvalue weighted by Gasteiger charge is -2.27. The molecule has 1 saturated heterocycles. The summed E-state index contributed by atoms with van der Waals surface area (Å²) in [6.07, 6.45) is -1.30. The number of hydrogen-bond donors (Lipinski definition) is 1. The molecule has 3 atom stereocenters. The van der Waals surface area contributed by atoms with Gasteiger partial charge in [0.1, 0.15) is 0 Å². The average molecular weight is 435 g/mol. The normalized spacial score (nSPS) is 23.4. The number of carbonyl (C=O) groups excluding carboxylic acids is 2. The van der Waals surface area contributed by atoms with Crippen molar-refractivity contribution in [1.29, 1.82) is 0 Å². The lowest BCUT2D eigenvalue weighted by molar-refractivity contribution is -0.138. The van der Waals surface area contributed by atoms with Crippen LogP contribution < -0.4 is 5.73 Å². The first kappa shape index (κ1) is 21.4. The maximum atomic E-state index is 13.3. The molecule has 1 aromatic carbocycles. The average Bonchev–Trinajstić information content (AvgIpc) is 3.41. The second-order valence-corrected chi connectivity index (χ2v) is 8.41. The van der Waals surface area contributed by atoms with Crippen LogP contribution in [0, 0.1) is 11.8 Å². The van der Waals surface area contributed by atoms with Crippen molar-refractivity contribution in [2.75, 3.05) is 20.1 Å². The summed E-state index contributed by atoms with van der Waals surface area (Å²) in [7, 11) is 1.86. The molecule has 2 aliphatic rings. The third-order valence-corrected chi connectivity index (χ3v) is 6.40. The van der Waals surface area contributed by atoms with Crippen LogP contribution in [0.1, 0.15) is 34.5 Å². The van der Waals surface area contributed by atoms with Crippen molar-refractivity contribution in [2.45, 2.75) is 31.6 Å². The van der Waals surface area contributed by atoms with Crippen LogP contribution >= 0.6 is 0 Å². The number of hydrogen-bond acceptors (Lipinski definition) is 4. The zero-order chi connectivity index (χ0) is 22.3. The monoisotopic (exact) mass is 435 g/mol. The zero-order valence-electron chi connectivity index (χ0n) is 17.0. The fraction of sp³-hybridized carbons (Fsp3) is 0.476. The van der Waals surface area contributed by atoms with Crippen molar-refractivity contribution in [3.8, 4) is 0 Å². The number of carbonyl (C=O) groups is 2. The Balaban J connectivity index is 1.36. The SMILES string of the molecule is CN(Cc1ccccc1C(F)(F)F)C1C[C@@H]2CN(C(=O)n3ccc(C(N)=O)n3)C[C@@H]2C1. The van der Waals surface area contributed by atoms with E-state index in [0.717, 1.165) is 23.6 Å². The number of nitrogens with zero attached hydrogens (tertiary/aromatic N) is 4. The summed E-state index contributed by atoms with van der Waals surface area (Å²) in [6.45, 7) is 1.36. The minimum absolute atomic E-state index is 0.0357. The van der Waals surface area contributed by atoms with E-state index in [9.17, 15) is 22.8 Å². The standard InChI is InChI=1S/C21H24F3N5O2/c1-27(10-13-4-2-3-5-17(13)21(22,23)24)16-8-14-11-28(12-15(14)9-16)20(31)29-7-6-18(26-29)19(25)30/h2-7,14-16H,8-12H2,1H3,(H2,25,30)/t14-,15+,16?. The van der Waals surface area contributed by atoms with Gasteiger partial charge in [-0.1, -0.05) is 18.2 Å². The molecular weight excluding hydrogens is 411 g/mol. The molecule has 2 fully saturated rings. The lowest BCUT2D eigenvalue weighted by atomic mass is 10.0. The molecule has 2 heterocycles. The number of alkyl halides is 3. The van der Waals surface area contributed by atoms with Gasteiger partial charge in [0.2, 0.25) is 0 Å². The molecule has 31 heavy (non-hydrogen) atoms. The molecule has 1 unspecified atom stereocenters. The predicted octanol–water partition coefficient (Wildman–Crippen LogP) is 2.81. The highest BCUT2D eigenvalue weighted by molar-refractivity contribution is 5.91. The molecule has 1 aliphatic heterocycles. The molecule has 10 heteroatoms. The molecule has 2 amide bonds. The van der Waals surface area contributed by atoms with Crippen molar-refractivity contribution in [3.05, 3.63) is 53.3 Å². The van der Waals surface area contributed by atoms with E-state index in [2.05, 4.69) is 5.10 Å². The Labute approximate surface area is 177 Å². The van der Waals surface area contributed by atoms with Gasteiger partial charge in [-0.3, -0.25) is 9.69 Å². The largest absolute Gasteiger partial charge is 0.416 e. The van der Waals surface area contributed by atoms with Gasteiger partial charge in [-0.05, 0) is 49.4 Å². The highest BCUT2D eigenvalue weighted by atomic mass is 19.4. The van der Waals surface area contributed by atoms with Gasteiger partial charge in [-0.25, -0.2) is 4.79 Å². The summed E-state index contributed by atoms with van der Waals surface area (Å²) in [5, 5.41) is 3.92. The van der Waals surface area contributed by atoms with Crippen LogP contribution in [-0.2, 0) is 12.7 Å². The Morgan fingerprint density at radius 1 is 1.16 bits per heavy atom. The van der Waals surface area contributed by atoms with Crippen LogP contribution in [0.15, 0.2) is 36.5 Å². The van der Waals surface area contributed by atoms with Gasteiger partial charge < -0.3 is 10.6 Å². The maximum Gasteiger partial charge on any atom is 0.416 e. The summed E-state index contributed by atoms with van der Waals surface area (Å²) in [4.78, 5) is 27.5. The number of amides is 2. The number of primary amides is 1. The van der Waals surface area contributed by atoms with Crippen LogP contribution in [0.2, 0.25) is 0 Å². The van der Waals surface area contributed by atoms with Crippen LogP contribution in [0.4, 0.5) is 18.0 Å². The molecule has 1 saturated carbocycles. The minimum Gasteiger partial charge on any atom is -0.364 e. The minimum atomic E-state index is -4.37. The molecule has 4 rings (SSSR count). The van der Waals surface area contributed by atoms with E-state index in [1.165, 1.54) is 24.4 Å². The first-order valence-electron chi connectivity index (χ1n) is 10.1. The topological polar surface area (TPSA) is 84.5 Å². The smallest absolute Gasteiger partial charge is 0.364 e. The number of likely N-dealkylation sites (tertiary alicyclic amines) is 1. The Hall–Kier alpha value is -2.88. The van der Waals surface area contributed by atoms with E-state index in [4.69, 9.17) is 5.73 Å². The summed E-state index contributed by atoms with van der Waals surface area (Å²) in [6, 6.07) is 6.95.